The lowest BCUT2D eigenvalue weighted by molar-refractivity contribution is -0.120. The topological polar surface area (TPSA) is 75.0 Å². The second kappa shape index (κ2) is 4.99. The molecule has 1 aromatic rings. The number of hydrogen-bond acceptors (Lipinski definition) is 5. The van der Waals surface area contributed by atoms with Crippen LogP contribution in [0.2, 0.25) is 0 Å². The van der Waals surface area contributed by atoms with Gasteiger partial charge >= 0.3 is 0 Å². The van der Waals surface area contributed by atoms with Crippen LogP contribution in [0.1, 0.15) is 18.4 Å². The molecule has 2 aliphatic heterocycles. The van der Waals surface area contributed by atoms with Crippen LogP contribution in [0.15, 0.2) is 35.4 Å². The fourth-order valence-corrected chi connectivity index (χ4v) is 2.48. The van der Waals surface area contributed by atoms with Gasteiger partial charge in [0.15, 0.2) is 12.1 Å². The maximum absolute atomic E-state index is 10.2. The second-order valence-corrected chi connectivity index (χ2v) is 4.77. The Morgan fingerprint density at radius 3 is 2.58 bits per heavy atom. The minimum Gasteiger partial charge on any atom is -0.284 e. The van der Waals surface area contributed by atoms with Gasteiger partial charge in [-0.3, -0.25) is 20.9 Å². The summed E-state index contributed by atoms with van der Waals surface area (Å²) in [5.41, 5.74) is 4.21. The molecule has 0 spiro atoms. The van der Waals surface area contributed by atoms with Gasteiger partial charge in [-0.25, -0.2) is 0 Å². The summed E-state index contributed by atoms with van der Waals surface area (Å²) in [5.74, 6) is 0.0295. The summed E-state index contributed by atoms with van der Waals surface area (Å²) in [4.78, 5) is 2.08. The Morgan fingerprint density at radius 1 is 1.21 bits per heavy atom. The Labute approximate surface area is 111 Å². The summed E-state index contributed by atoms with van der Waals surface area (Å²) < 4.78 is 0. The average molecular weight is 259 g/mol. The Balaban J connectivity index is 1.84. The van der Waals surface area contributed by atoms with E-state index in [2.05, 4.69) is 15.4 Å². The summed E-state index contributed by atoms with van der Waals surface area (Å²) in [6.45, 7) is 1.83. The van der Waals surface area contributed by atoms with Crippen LogP contribution in [0.3, 0.4) is 0 Å². The van der Waals surface area contributed by atoms with Gasteiger partial charge in [0.05, 0.1) is 0 Å². The van der Waals surface area contributed by atoms with Crippen LogP contribution in [0.5, 0.6) is 0 Å². The van der Waals surface area contributed by atoms with Gasteiger partial charge in [0, 0.05) is 18.7 Å². The van der Waals surface area contributed by atoms with E-state index < -0.39 is 6.29 Å². The van der Waals surface area contributed by atoms with Gasteiger partial charge in [0.2, 0.25) is 0 Å². The number of benzene rings is 1. The van der Waals surface area contributed by atoms with Crippen molar-refractivity contribution in [2.75, 3.05) is 13.1 Å². The molecule has 1 aromatic carbocycles. The van der Waals surface area contributed by atoms with Gasteiger partial charge < -0.3 is 0 Å². The third-order valence-electron chi connectivity index (χ3n) is 3.51. The number of hydrazone groups is 1. The van der Waals surface area contributed by atoms with E-state index in [-0.39, 0.29) is 5.84 Å². The molecule has 0 aromatic heterocycles. The number of rotatable bonds is 2. The highest BCUT2D eigenvalue weighted by atomic mass is 16.5. The van der Waals surface area contributed by atoms with E-state index in [0.29, 0.717) is 5.71 Å². The molecule has 0 saturated carbocycles. The molecule has 0 bridgehead atoms. The monoisotopic (exact) mass is 259 g/mol. The maximum atomic E-state index is 10.2. The van der Waals surface area contributed by atoms with E-state index in [1.165, 1.54) is 0 Å². The van der Waals surface area contributed by atoms with Gasteiger partial charge in [-0.1, -0.05) is 30.3 Å². The standard InChI is InChI=1S/C13H17N5O/c14-12-11(10-6-2-1-3-7-10)15-16-13(18(12)19)17-8-4-5-9-17/h1-3,6-7,13-14,16,19H,4-5,8-9H2. The van der Waals surface area contributed by atoms with E-state index in [1.54, 1.807) is 0 Å². The molecule has 3 rings (SSSR count). The lowest BCUT2D eigenvalue weighted by Crippen LogP contribution is -2.59. The van der Waals surface area contributed by atoms with Crippen molar-refractivity contribution in [2.24, 2.45) is 5.10 Å². The molecular weight excluding hydrogens is 242 g/mol. The normalized spacial score (nSPS) is 24.3. The molecule has 1 atom stereocenters. The van der Waals surface area contributed by atoms with Gasteiger partial charge in [-0.05, 0) is 12.8 Å². The lowest BCUT2D eigenvalue weighted by Gasteiger charge is -2.37. The third kappa shape index (κ3) is 2.20. The van der Waals surface area contributed by atoms with Crippen molar-refractivity contribution in [3.63, 3.8) is 0 Å². The van der Waals surface area contributed by atoms with E-state index in [4.69, 9.17) is 5.41 Å². The Bertz CT molecular complexity index is 495. The highest BCUT2D eigenvalue weighted by molar-refractivity contribution is 6.46. The van der Waals surface area contributed by atoms with Crippen LogP contribution in [0.4, 0.5) is 0 Å². The highest BCUT2D eigenvalue weighted by Crippen LogP contribution is 2.16. The van der Waals surface area contributed by atoms with Crippen molar-refractivity contribution in [3.8, 4) is 0 Å². The van der Waals surface area contributed by atoms with Crippen molar-refractivity contribution in [3.05, 3.63) is 35.9 Å². The van der Waals surface area contributed by atoms with Crippen molar-refractivity contribution in [1.82, 2.24) is 15.4 Å². The van der Waals surface area contributed by atoms with Crippen LogP contribution < -0.4 is 5.43 Å². The average Bonchev–Trinajstić information content (AvgIpc) is 2.97. The Hall–Kier alpha value is -1.92. The van der Waals surface area contributed by atoms with Crippen LogP contribution >= 0.6 is 0 Å². The maximum Gasteiger partial charge on any atom is 0.198 e. The predicted octanol–water partition coefficient (Wildman–Crippen LogP) is 1.04. The van der Waals surface area contributed by atoms with E-state index in [9.17, 15) is 5.21 Å². The molecule has 2 heterocycles. The van der Waals surface area contributed by atoms with Crippen LogP contribution in [0.25, 0.3) is 0 Å². The minimum absolute atomic E-state index is 0.0295. The summed E-state index contributed by atoms with van der Waals surface area (Å²) in [7, 11) is 0. The number of amidine groups is 1. The lowest BCUT2D eigenvalue weighted by atomic mass is 10.1. The van der Waals surface area contributed by atoms with Gasteiger partial charge in [-0.2, -0.15) is 10.2 Å². The van der Waals surface area contributed by atoms with Crippen LogP contribution in [0, 0.1) is 5.41 Å². The van der Waals surface area contributed by atoms with E-state index in [1.807, 2.05) is 30.3 Å². The predicted molar refractivity (Wildman–Crippen MR) is 72.1 cm³/mol. The summed E-state index contributed by atoms with van der Waals surface area (Å²) in [5, 5.41) is 23.4. The van der Waals surface area contributed by atoms with Crippen molar-refractivity contribution < 1.29 is 5.21 Å². The Kier molecular flexibility index (Phi) is 3.18. The van der Waals surface area contributed by atoms with Gasteiger partial charge in [0.1, 0.15) is 5.71 Å². The summed E-state index contributed by atoms with van der Waals surface area (Å²) in [6, 6.07) is 9.44. The first kappa shape index (κ1) is 12.1. The molecule has 100 valence electrons. The van der Waals surface area contributed by atoms with Crippen molar-refractivity contribution in [2.45, 2.75) is 19.1 Å². The minimum atomic E-state index is -0.428. The number of nitrogens with zero attached hydrogens (tertiary/aromatic N) is 3. The molecule has 0 radical (unpaired) electrons. The number of hydroxylamine groups is 2. The molecule has 1 unspecified atom stereocenters. The first-order valence-electron chi connectivity index (χ1n) is 6.47. The van der Waals surface area contributed by atoms with E-state index in [0.717, 1.165) is 36.6 Å². The van der Waals surface area contributed by atoms with Crippen LogP contribution in [-0.2, 0) is 0 Å². The zero-order chi connectivity index (χ0) is 13.2. The molecule has 6 nitrogen and oxygen atoms in total. The highest BCUT2D eigenvalue weighted by Gasteiger charge is 2.33. The molecule has 3 N–H and O–H groups in total. The molecule has 2 aliphatic rings. The quantitative estimate of drug-likeness (QED) is 0.742. The SMILES string of the molecule is N=C1C(c2ccccc2)=NNC(N2CCCC2)N1O. The molecule has 0 amide bonds. The molecule has 0 aliphatic carbocycles. The van der Waals surface area contributed by atoms with Gasteiger partial charge in [-0.15, -0.1) is 0 Å². The van der Waals surface area contributed by atoms with E-state index >= 15 is 0 Å². The number of hydrogen-bond donors (Lipinski definition) is 3. The fourth-order valence-electron chi connectivity index (χ4n) is 2.48. The summed E-state index contributed by atoms with van der Waals surface area (Å²) in [6.07, 6.45) is 1.81. The first-order chi connectivity index (χ1) is 9.27. The zero-order valence-corrected chi connectivity index (χ0v) is 10.6. The number of likely N-dealkylation sites (tertiary alicyclic amines) is 1. The molecule has 6 heteroatoms. The van der Waals surface area contributed by atoms with Gasteiger partial charge in [0.25, 0.3) is 0 Å². The smallest absolute Gasteiger partial charge is 0.198 e. The summed E-state index contributed by atoms with van der Waals surface area (Å²) >= 11 is 0. The Morgan fingerprint density at radius 2 is 1.89 bits per heavy atom. The third-order valence-corrected chi connectivity index (χ3v) is 3.51. The molecule has 1 fully saturated rings. The number of nitrogens with one attached hydrogen (secondary N) is 2. The second-order valence-electron chi connectivity index (χ2n) is 4.77. The van der Waals surface area contributed by atoms with Crippen LogP contribution in [-0.4, -0.2) is 46.1 Å². The zero-order valence-electron chi connectivity index (χ0n) is 10.6. The molecule has 1 saturated heterocycles. The van der Waals surface area contributed by atoms with Crippen molar-refractivity contribution in [1.29, 1.82) is 5.41 Å². The first-order valence-corrected chi connectivity index (χ1v) is 6.47. The fraction of sp³-hybridized carbons (Fsp3) is 0.385. The van der Waals surface area contributed by atoms with Crippen molar-refractivity contribution >= 4 is 11.5 Å². The molecular formula is C13H17N5O. The molecule has 19 heavy (non-hydrogen) atoms. The largest absolute Gasteiger partial charge is 0.284 e.